The fraction of sp³-hybridized carbons (Fsp3) is 0.300. The Balaban J connectivity index is 1.12. The first-order valence-corrected chi connectivity index (χ1v) is 11.8. The fourth-order valence-corrected chi connectivity index (χ4v) is 6.35. The maximum atomic E-state index is 4.72. The van der Waals surface area contributed by atoms with Gasteiger partial charge in [0.1, 0.15) is 0 Å². The summed E-state index contributed by atoms with van der Waals surface area (Å²) >= 11 is 0. The molecule has 0 amide bonds. The van der Waals surface area contributed by atoms with E-state index in [1.807, 2.05) is 6.07 Å². The summed E-state index contributed by atoms with van der Waals surface area (Å²) in [6.07, 6.45) is 18.6. The summed E-state index contributed by atoms with van der Waals surface area (Å²) in [4.78, 5) is 4.72. The zero-order valence-corrected chi connectivity index (χ0v) is 18.0. The van der Waals surface area contributed by atoms with Gasteiger partial charge in [-0.05, 0) is 85.1 Å². The average Bonchev–Trinajstić information content (AvgIpc) is 2.80. The Hall–Kier alpha value is -2.93. The van der Waals surface area contributed by atoms with Crippen molar-refractivity contribution in [1.29, 1.82) is 0 Å². The second kappa shape index (κ2) is 7.96. The summed E-state index contributed by atoms with van der Waals surface area (Å²) in [6, 6.07) is 21.2. The van der Waals surface area contributed by atoms with Crippen LogP contribution in [-0.4, -0.2) is 4.98 Å². The summed E-state index contributed by atoms with van der Waals surface area (Å²) in [5.74, 6) is 3.84. The third kappa shape index (κ3) is 3.90. The van der Waals surface area contributed by atoms with Gasteiger partial charge in [-0.15, -0.1) is 0 Å². The van der Waals surface area contributed by atoms with Gasteiger partial charge in [-0.2, -0.15) is 0 Å². The topological polar surface area (TPSA) is 12.9 Å². The molecule has 2 aromatic carbocycles. The third-order valence-corrected chi connectivity index (χ3v) is 7.66. The van der Waals surface area contributed by atoms with Crippen molar-refractivity contribution < 1.29 is 0 Å². The Labute approximate surface area is 185 Å². The molecule has 4 aliphatic carbocycles. The zero-order valence-electron chi connectivity index (χ0n) is 18.0. The van der Waals surface area contributed by atoms with Crippen LogP contribution < -0.4 is 0 Å². The second-order valence-electron chi connectivity index (χ2n) is 9.76. The Morgan fingerprint density at radius 3 is 2.06 bits per heavy atom. The molecule has 0 atom stereocenters. The predicted octanol–water partition coefficient (Wildman–Crippen LogP) is 7.80. The van der Waals surface area contributed by atoms with Crippen molar-refractivity contribution in [2.75, 3.05) is 0 Å². The molecule has 0 radical (unpaired) electrons. The minimum Gasteiger partial charge on any atom is -0.248 e. The lowest BCUT2D eigenvalue weighted by molar-refractivity contribution is 0.0697. The van der Waals surface area contributed by atoms with Crippen molar-refractivity contribution in [3.8, 4) is 0 Å². The predicted molar refractivity (Wildman–Crippen MR) is 131 cm³/mol. The number of pyridine rings is 1. The van der Waals surface area contributed by atoms with Crippen LogP contribution in [0.2, 0.25) is 0 Å². The van der Waals surface area contributed by atoms with Crippen molar-refractivity contribution in [2.24, 2.45) is 23.7 Å². The first-order valence-electron chi connectivity index (χ1n) is 11.8. The SMILES string of the molecule is C(/C=C/c1ccc(/C=C/c2ccc3ccccc3n2)cc1)=C1C2CC3CC(C2)CC1C3. The average molecular weight is 404 g/mol. The molecule has 0 N–H and O–H groups in total. The van der Waals surface area contributed by atoms with Gasteiger partial charge in [-0.1, -0.05) is 78.4 Å². The monoisotopic (exact) mass is 403 g/mol. The number of allylic oxidation sites excluding steroid dienone is 3. The quantitative estimate of drug-likeness (QED) is 0.433. The molecule has 1 heteroatoms. The molecule has 3 aromatic rings. The van der Waals surface area contributed by atoms with E-state index in [2.05, 4.69) is 85.0 Å². The number of aromatic nitrogens is 1. The minimum atomic E-state index is 0.886. The first-order chi connectivity index (χ1) is 15.3. The van der Waals surface area contributed by atoms with E-state index < -0.39 is 0 Å². The lowest BCUT2D eigenvalue weighted by Gasteiger charge is -2.51. The molecule has 7 rings (SSSR count). The minimum absolute atomic E-state index is 0.886. The Morgan fingerprint density at radius 2 is 1.32 bits per heavy atom. The number of para-hydroxylation sites is 1. The van der Waals surface area contributed by atoms with E-state index >= 15 is 0 Å². The summed E-state index contributed by atoms with van der Waals surface area (Å²) in [6.45, 7) is 0. The molecule has 1 aromatic heterocycles. The van der Waals surface area contributed by atoms with Gasteiger partial charge in [0.2, 0.25) is 0 Å². The standard InChI is InChI=1S/C30H29N/c1-2-7-30-25(5-1)13-15-28(31-30)14-12-22-10-8-21(9-11-22)4-3-6-29-26-17-23-16-24(19-26)20-27(29)18-23/h1-15,23-24,26-27H,16-20H2/b4-3+,14-12+,29-6?. The molecule has 4 fully saturated rings. The van der Waals surface area contributed by atoms with Crippen LogP contribution in [0.5, 0.6) is 0 Å². The van der Waals surface area contributed by atoms with Crippen LogP contribution in [0.3, 0.4) is 0 Å². The van der Waals surface area contributed by atoms with Gasteiger partial charge in [0.05, 0.1) is 11.2 Å². The molecule has 154 valence electrons. The van der Waals surface area contributed by atoms with Crippen LogP contribution in [0.25, 0.3) is 29.1 Å². The number of hydrogen-bond donors (Lipinski definition) is 0. The molecule has 4 aliphatic rings. The molecule has 31 heavy (non-hydrogen) atoms. The van der Waals surface area contributed by atoms with Crippen molar-refractivity contribution in [3.05, 3.63) is 95.2 Å². The van der Waals surface area contributed by atoms with Crippen LogP contribution >= 0.6 is 0 Å². The Bertz CT molecular complexity index is 1150. The van der Waals surface area contributed by atoms with Crippen LogP contribution in [-0.2, 0) is 0 Å². The molecular formula is C30H29N. The highest BCUT2D eigenvalue weighted by molar-refractivity contribution is 5.80. The number of fused-ring (bicyclic) bond motifs is 1. The van der Waals surface area contributed by atoms with Crippen molar-refractivity contribution in [2.45, 2.75) is 32.1 Å². The zero-order chi connectivity index (χ0) is 20.6. The normalized spacial score (nSPS) is 27.0. The highest BCUT2D eigenvalue weighted by Crippen LogP contribution is 2.56. The summed E-state index contributed by atoms with van der Waals surface area (Å²) in [5, 5.41) is 1.18. The van der Waals surface area contributed by atoms with E-state index in [-0.39, 0.29) is 0 Å². The smallest absolute Gasteiger partial charge is 0.0709 e. The van der Waals surface area contributed by atoms with Crippen LogP contribution in [0.15, 0.2) is 78.4 Å². The van der Waals surface area contributed by atoms with E-state index in [1.165, 1.54) is 48.6 Å². The van der Waals surface area contributed by atoms with Crippen molar-refractivity contribution in [3.63, 3.8) is 0 Å². The second-order valence-corrected chi connectivity index (χ2v) is 9.76. The van der Waals surface area contributed by atoms with E-state index in [0.29, 0.717) is 0 Å². The molecule has 1 heterocycles. The maximum absolute atomic E-state index is 4.72. The van der Waals surface area contributed by atoms with Crippen LogP contribution in [0.1, 0.15) is 48.9 Å². The van der Waals surface area contributed by atoms with Crippen molar-refractivity contribution in [1.82, 2.24) is 4.98 Å². The first kappa shape index (κ1) is 18.8. The van der Waals surface area contributed by atoms with E-state index in [9.17, 15) is 0 Å². The summed E-state index contributed by atoms with van der Waals surface area (Å²) in [5.41, 5.74) is 6.25. The Morgan fingerprint density at radius 1 is 0.645 bits per heavy atom. The summed E-state index contributed by atoms with van der Waals surface area (Å²) < 4.78 is 0. The number of rotatable bonds is 4. The molecular weight excluding hydrogens is 374 g/mol. The molecule has 4 saturated carbocycles. The van der Waals surface area contributed by atoms with Gasteiger partial charge >= 0.3 is 0 Å². The molecule has 0 spiro atoms. The molecule has 4 bridgehead atoms. The lowest BCUT2D eigenvalue weighted by atomic mass is 9.54. The molecule has 1 nitrogen and oxygen atoms in total. The van der Waals surface area contributed by atoms with Gasteiger partial charge in [-0.25, -0.2) is 4.98 Å². The van der Waals surface area contributed by atoms with E-state index in [1.54, 1.807) is 5.57 Å². The Kier molecular flexibility index (Phi) is 4.83. The largest absolute Gasteiger partial charge is 0.248 e. The van der Waals surface area contributed by atoms with Gasteiger partial charge in [0.15, 0.2) is 0 Å². The fourth-order valence-electron chi connectivity index (χ4n) is 6.35. The highest BCUT2D eigenvalue weighted by Gasteiger charge is 2.44. The van der Waals surface area contributed by atoms with E-state index in [0.717, 1.165) is 34.9 Å². The van der Waals surface area contributed by atoms with E-state index in [4.69, 9.17) is 4.98 Å². The van der Waals surface area contributed by atoms with Gasteiger partial charge in [0, 0.05) is 5.39 Å². The molecule has 0 saturated heterocycles. The number of hydrogen-bond acceptors (Lipinski definition) is 1. The highest BCUT2D eigenvalue weighted by atomic mass is 14.7. The number of nitrogens with zero attached hydrogens (tertiary/aromatic N) is 1. The van der Waals surface area contributed by atoms with Crippen molar-refractivity contribution >= 4 is 29.1 Å². The van der Waals surface area contributed by atoms with Crippen LogP contribution in [0.4, 0.5) is 0 Å². The third-order valence-electron chi connectivity index (χ3n) is 7.66. The van der Waals surface area contributed by atoms with Gasteiger partial charge in [-0.3, -0.25) is 0 Å². The van der Waals surface area contributed by atoms with Gasteiger partial charge < -0.3 is 0 Å². The van der Waals surface area contributed by atoms with Gasteiger partial charge in [0.25, 0.3) is 0 Å². The summed E-state index contributed by atoms with van der Waals surface area (Å²) in [7, 11) is 0. The lowest BCUT2D eigenvalue weighted by Crippen LogP contribution is -2.40. The number of benzene rings is 2. The maximum Gasteiger partial charge on any atom is 0.0709 e. The molecule has 0 aliphatic heterocycles. The molecule has 0 unspecified atom stereocenters. The van der Waals surface area contributed by atoms with Crippen LogP contribution in [0, 0.1) is 23.7 Å².